The molecule has 0 atom stereocenters. The molecule has 0 aliphatic heterocycles. The summed E-state index contributed by atoms with van der Waals surface area (Å²) in [4.78, 5) is 4.46. The third-order valence-electron chi connectivity index (χ3n) is 3.42. The van der Waals surface area contributed by atoms with Crippen molar-refractivity contribution in [2.45, 2.75) is 25.4 Å². The number of nitrogens with one attached hydrogen (secondary N) is 1. The second-order valence-corrected chi connectivity index (χ2v) is 4.91. The van der Waals surface area contributed by atoms with E-state index in [9.17, 15) is 4.39 Å². The average Bonchev–Trinajstić information content (AvgIpc) is 3.17. The van der Waals surface area contributed by atoms with Gasteiger partial charge in [-0.3, -0.25) is 0 Å². The molecule has 4 nitrogen and oxygen atoms in total. The van der Waals surface area contributed by atoms with Gasteiger partial charge < -0.3 is 14.6 Å². The lowest BCUT2D eigenvalue weighted by molar-refractivity contribution is 0.199. The highest BCUT2D eigenvalue weighted by molar-refractivity contribution is 5.77. The van der Waals surface area contributed by atoms with Crippen LogP contribution in [0.3, 0.4) is 0 Å². The first-order valence-corrected chi connectivity index (χ1v) is 6.66. The van der Waals surface area contributed by atoms with Gasteiger partial charge in [-0.2, -0.15) is 0 Å². The minimum absolute atomic E-state index is 0.241. The molecule has 3 rings (SSSR count). The molecule has 0 saturated heterocycles. The van der Waals surface area contributed by atoms with E-state index < -0.39 is 0 Å². The number of ether oxygens (including phenoxy) is 1. The Hall–Kier alpha value is -1.46. The molecule has 1 fully saturated rings. The summed E-state index contributed by atoms with van der Waals surface area (Å²) < 4.78 is 21.0. The monoisotopic (exact) mass is 263 g/mol. The van der Waals surface area contributed by atoms with Gasteiger partial charge in [0.1, 0.15) is 11.3 Å². The van der Waals surface area contributed by atoms with Crippen molar-refractivity contribution in [3.8, 4) is 0 Å². The molecule has 1 aliphatic carbocycles. The molecule has 0 radical (unpaired) electrons. The molecule has 1 aromatic carbocycles. The van der Waals surface area contributed by atoms with Crippen LogP contribution in [0.2, 0.25) is 0 Å². The number of hydrogen-bond acceptors (Lipinski definition) is 3. The summed E-state index contributed by atoms with van der Waals surface area (Å²) in [5, 5.41) is 3.28. The first-order valence-electron chi connectivity index (χ1n) is 6.66. The van der Waals surface area contributed by atoms with Crippen molar-refractivity contribution in [1.29, 1.82) is 0 Å². The number of benzene rings is 1. The Morgan fingerprint density at radius 2 is 2.32 bits per heavy atom. The molecule has 2 aromatic rings. The van der Waals surface area contributed by atoms with Crippen LogP contribution in [0.1, 0.15) is 24.7 Å². The van der Waals surface area contributed by atoms with Crippen LogP contribution >= 0.6 is 0 Å². The van der Waals surface area contributed by atoms with Crippen molar-refractivity contribution >= 4 is 11.0 Å². The number of rotatable bonds is 6. The minimum Gasteiger partial charge on any atom is -0.383 e. The highest BCUT2D eigenvalue weighted by atomic mass is 19.1. The maximum absolute atomic E-state index is 13.8. The van der Waals surface area contributed by atoms with Crippen molar-refractivity contribution in [3.05, 3.63) is 29.8 Å². The standard InChI is InChI=1S/C14H18FN3O/c1-19-8-7-16-9-13-17-14-11(15)3-2-4-12(14)18(13)10-5-6-10/h2-4,10,16H,5-9H2,1H3. The predicted octanol–water partition coefficient (Wildman–Crippen LogP) is 2.25. The van der Waals surface area contributed by atoms with Gasteiger partial charge >= 0.3 is 0 Å². The van der Waals surface area contributed by atoms with Gasteiger partial charge in [-0.15, -0.1) is 0 Å². The molecular weight excluding hydrogens is 245 g/mol. The summed E-state index contributed by atoms with van der Waals surface area (Å²) in [6.07, 6.45) is 2.32. The fourth-order valence-electron chi connectivity index (χ4n) is 2.37. The Balaban J connectivity index is 1.89. The van der Waals surface area contributed by atoms with E-state index in [2.05, 4.69) is 14.9 Å². The van der Waals surface area contributed by atoms with E-state index in [4.69, 9.17) is 4.74 Å². The molecule has 5 heteroatoms. The molecular formula is C14H18FN3O. The fraction of sp³-hybridized carbons (Fsp3) is 0.500. The summed E-state index contributed by atoms with van der Waals surface area (Å²) in [6.45, 7) is 2.08. The number of fused-ring (bicyclic) bond motifs is 1. The minimum atomic E-state index is -0.241. The molecule has 0 unspecified atom stereocenters. The number of aromatic nitrogens is 2. The first-order chi connectivity index (χ1) is 9.31. The summed E-state index contributed by atoms with van der Waals surface area (Å²) in [5.41, 5.74) is 1.39. The quantitative estimate of drug-likeness (QED) is 0.812. The van der Waals surface area contributed by atoms with Crippen LogP contribution in [0, 0.1) is 5.82 Å². The Morgan fingerprint density at radius 3 is 3.05 bits per heavy atom. The smallest absolute Gasteiger partial charge is 0.151 e. The highest BCUT2D eigenvalue weighted by Crippen LogP contribution is 2.38. The van der Waals surface area contributed by atoms with Crippen molar-refractivity contribution in [3.63, 3.8) is 0 Å². The van der Waals surface area contributed by atoms with Crippen molar-refractivity contribution in [2.24, 2.45) is 0 Å². The van der Waals surface area contributed by atoms with Crippen LogP contribution in [0.4, 0.5) is 4.39 Å². The zero-order valence-electron chi connectivity index (χ0n) is 11.0. The van der Waals surface area contributed by atoms with Crippen LogP contribution in [-0.2, 0) is 11.3 Å². The van der Waals surface area contributed by atoms with E-state index in [0.29, 0.717) is 24.7 Å². The molecule has 1 N–H and O–H groups in total. The largest absolute Gasteiger partial charge is 0.383 e. The van der Waals surface area contributed by atoms with Gasteiger partial charge in [0.15, 0.2) is 5.82 Å². The summed E-state index contributed by atoms with van der Waals surface area (Å²) in [7, 11) is 1.68. The summed E-state index contributed by atoms with van der Waals surface area (Å²) in [5.74, 6) is 0.675. The lowest BCUT2D eigenvalue weighted by atomic mass is 10.3. The number of halogens is 1. The maximum atomic E-state index is 13.8. The zero-order valence-corrected chi connectivity index (χ0v) is 11.0. The molecule has 0 bridgehead atoms. The summed E-state index contributed by atoms with van der Waals surface area (Å²) >= 11 is 0. The fourth-order valence-corrected chi connectivity index (χ4v) is 2.37. The van der Waals surface area contributed by atoms with Crippen LogP contribution in [-0.4, -0.2) is 29.8 Å². The van der Waals surface area contributed by atoms with E-state index in [-0.39, 0.29) is 5.82 Å². The Kier molecular flexibility index (Phi) is 3.48. The van der Waals surface area contributed by atoms with Crippen LogP contribution in [0.25, 0.3) is 11.0 Å². The molecule has 0 amide bonds. The van der Waals surface area contributed by atoms with Gasteiger partial charge in [-0.25, -0.2) is 9.37 Å². The number of hydrogen-bond donors (Lipinski definition) is 1. The lowest BCUT2D eigenvalue weighted by Gasteiger charge is -2.08. The van der Waals surface area contributed by atoms with Crippen molar-refractivity contribution in [1.82, 2.24) is 14.9 Å². The summed E-state index contributed by atoms with van der Waals surface area (Å²) in [6, 6.07) is 5.66. The van der Waals surface area contributed by atoms with Gasteiger partial charge in [0.25, 0.3) is 0 Å². The second-order valence-electron chi connectivity index (χ2n) is 4.91. The van der Waals surface area contributed by atoms with E-state index in [0.717, 1.165) is 30.7 Å². The van der Waals surface area contributed by atoms with Gasteiger partial charge in [0.05, 0.1) is 18.7 Å². The van der Waals surface area contributed by atoms with Gasteiger partial charge in [0.2, 0.25) is 0 Å². The number of methoxy groups -OCH3 is 1. The van der Waals surface area contributed by atoms with E-state index in [1.165, 1.54) is 6.07 Å². The number of nitrogens with zero attached hydrogens (tertiary/aromatic N) is 2. The van der Waals surface area contributed by atoms with Crippen molar-refractivity contribution < 1.29 is 9.13 Å². The topological polar surface area (TPSA) is 39.1 Å². The van der Waals surface area contributed by atoms with Crippen LogP contribution in [0.15, 0.2) is 18.2 Å². The molecule has 19 heavy (non-hydrogen) atoms. The average molecular weight is 263 g/mol. The Morgan fingerprint density at radius 1 is 1.47 bits per heavy atom. The Bertz CT molecular complexity index is 577. The molecule has 0 spiro atoms. The van der Waals surface area contributed by atoms with Crippen molar-refractivity contribution in [2.75, 3.05) is 20.3 Å². The first kappa shape index (κ1) is 12.6. The van der Waals surface area contributed by atoms with Gasteiger partial charge in [-0.05, 0) is 25.0 Å². The van der Waals surface area contributed by atoms with E-state index in [1.807, 2.05) is 6.07 Å². The predicted molar refractivity (Wildman–Crippen MR) is 71.5 cm³/mol. The molecule has 1 saturated carbocycles. The van der Waals surface area contributed by atoms with Gasteiger partial charge in [-0.1, -0.05) is 6.07 Å². The second kappa shape index (κ2) is 5.27. The lowest BCUT2D eigenvalue weighted by Crippen LogP contribution is -2.21. The molecule has 102 valence electrons. The number of para-hydroxylation sites is 1. The van der Waals surface area contributed by atoms with Gasteiger partial charge in [0, 0.05) is 19.7 Å². The van der Waals surface area contributed by atoms with E-state index in [1.54, 1.807) is 13.2 Å². The SMILES string of the molecule is COCCNCc1nc2c(F)cccc2n1C1CC1. The van der Waals surface area contributed by atoms with Crippen LogP contribution in [0.5, 0.6) is 0 Å². The molecule has 1 aliphatic rings. The highest BCUT2D eigenvalue weighted by Gasteiger charge is 2.28. The third kappa shape index (κ3) is 2.48. The van der Waals surface area contributed by atoms with Crippen LogP contribution < -0.4 is 5.32 Å². The van der Waals surface area contributed by atoms with E-state index >= 15 is 0 Å². The third-order valence-corrected chi connectivity index (χ3v) is 3.42. The normalized spacial score (nSPS) is 15.3. The zero-order chi connectivity index (χ0) is 13.2. The molecule has 1 aromatic heterocycles. The number of imidazole rings is 1. The Labute approximate surface area is 111 Å². The molecule has 1 heterocycles. The maximum Gasteiger partial charge on any atom is 0.151 e.